The Morgan fingerprint density at radius 2 is 1.50 bits per heavy atom. The van der Waals surface area contributed by atoms with Crippen molar-refractivity contribution in [3.8, 4) is 0 Å². The maximum atomic E-state index is 2.04. The zero-order valence-electron chi connectivity index (χ0n) is 3.27. The van der Waals surface area contributed by atoms with Crippen molar-refractivity contribution in [2.24, 2.45) is 0 Å². The monoisotopic (exact) mass is 165 g/mol. The molecule has 1 aliphatic rings. The fraction of sp³-hybridized carbons (Fsp3) is 1.00. The molecule has 0 nitrogen and oxygen atoms in total. The Hall–Kier alpha value is 1.21. The van der Waals surface area contributed by atoms with E-state index >= 15 is 0 Å². The molecule has 1 heterocycles. The van der Waals surface area contributed by atoms with Gasteiger partial charge in [-0.25, -0.2) is 0 Å². The molecule has 1 radical (unpaired) electrons. The van der Waals surface area contributed by atoms with E-state index in [1.807, 2.05) is 23.5 Å². The van der Waals surface area contributed by atoms with Gasteiger partial charge in [-0.05, 0) is 0 Å². The van der Waals surface area contributed by atoms with Gasteiger partial charge >= 0.3 is 0 Å². The first-order valence-electron chi connectivity index (χ1n) is 1.65. The van der Waals surface area contributed by atoms with Crippen LogP contribution < -0.4 is 0 Å². The largest absolute Gasteiger partial charge is 0.150 e. The summed E-state index contributed by atoms with van der Waals surface area (Å²) in [6.45, 7) is 0. The zero-order valence-corrected chi connectivity index (χ0v) is 5.95. The van der Waals surface area contributed by atoms with Crippen molar-refractivity contribution in [2.45, 2.75) is 0 Å². The Labute approximate surface area is 57.0 Å². The minimum atomic E-state index is 0. The summed E-state index contributed by atoms with van der Waals surface area (Å²) in [6, 6.07) is 0. The molecular formula is C3H6CoS2. The normalized spacial score (nSPS) is 20.0. The molecule has 0 aliphatic carbocycles. The minimum absolute atomic E-state index is 0. The van der Waals surface area contributed by atoms with E-state index in [4.69, 9.17) is 0 Å². The fourth-order valence-electron chi connectivity index (χ4n) is 0.295. The van der Waals surface area contributed by atoms with Crippen LogP contribution in [0.15, 0.2) is 0 Å². The molecule has 3 heteroatoms. The van der Waals surface area contributed by atoms with Crippen LogP contribution in [0.2, 0.25) is 0 Å². The number of rotatable bonds is 0. The van der Waals surface area contributed by atoms with Crippen LogP contribution >= 0.6 is 23.5 Å². The average Bonchev–Trinajstić information content (AvgIpc) is 1.76. The third-order valence-electron chi connectivity index (χ3n) is 0.539. The van der Waals surface area contributed by atoms with Gasteiger partial charge in [0.1, 0.15) is 0 Å². The summed E-state index contributed by atoms with van der Waals surface area (Å²) in [7, 11) is 0. The molecule has 1 rings (SSSR count). The first kappa shape index (κ1) is 7.21. The smallest absolute Gasteiger partial charge is 0.0392 e. The Kier molecular flexibility index (Phi) is 5.25. The van der Waals surface area contributed by atoms with E-state index in [-0.39, 0.29) is 16.8 Å². The summed E-state index contributed by atoms with van der Waals surface area (Å²) < 4.78 is 0. The molecular weight excluding hydrogens is 159 g/mol. The standard InChI is InChI=1S/C3H6S2.Co/c1-2-5-3-4-1;/h1-3H2;. The Morgan fingerprint density at radius 3 is 1.67 bits per heavy atom. The first-order valence-corrected chi connectivity index (χ1v) is 3.96. The van der Waals surface area contributed by atoms with Crippen molar-refractivity contribution < 1.29 is 16.8 Å². The topological polar surface area (TPSA) is 0 Å². The molecule has 0 amide bonds. The summed E-state index contributed by atoms with van der Waals surface area (Å²) in [5.74, 6) is 2.76. The molecule has 0 saturated carbocycles. The third-order valence-corrected chi connectivity index (χ3v) is 3.12. The van der Waals surface area contributed by atoms with Crippen molar-refractivity contribution in [2.75, 3.05) is 16.6 Å². The van der Waals surface area contributed by atoms with Crippen LogP contribution in [0, 0.1) is 0 Å². The predicted molar refractivity (Wildman–Crippen MR) is 29.8 cm³/mol. The van der Waals surface area contributed by atoms with Gasteiger partial charge in [0, 0.05) is 33.4 Å². The predicted octanol–water partition coefficient (Wildman–Crippen LogP) is 1.42. The van der Waals surface area contributed by atoms with Crippen molar-refractivity contribution in [1.29, 1.82) is 0 Å². The molecule has 0 aromatic heterocycles. The van der Waals surface area contributed by atoms with Crippen molar-refractivity contribution in [3.05, 3.63) is 0 Å². The van der Waals surface area contributed by atoms with Crippen LogP contribution in [-0.2, 0) is 16.8 Å². The van der Waals surface area contributed by atoms with E-state index in [0.29, 0.717) is 0 Å². The quantitative estimate of drug-likeness (QED) is 0.532. The molecule has 0 unspecified atom stereocenters. The van der Waals surface area contributed by atoms with Gasteiger partial charge in [-0.1, -0.05) is 0 Å². The summed E-state index contributed by atoms with van der Waals surface area (Å²) in [5.41, 5.74) is 0. The molecule has 0 aromatic rings. The SMILES string of the molecule is C1CSCS1.[Co]. The van der Waals surface area contributed by atoms with Crippen molar-refractivity contribution >= 4 is 23.5 Å². The molecule has 0 spiro atoms. The minimum Gasteiger partial charge on any atom is -0.150 e. The molecule has 39 valence electrons. The van der Waals surface area contributed by atoms with E-state index in [1.165, 1.54) is 16.6 Å². The van der Waals surface area contributed by atoms with Crippen LogP contribution in [0.3, 0.4) is 0 Å². The molecule has 0 aromatic carbocycles. The summed E-state index contributed by atoms with van der Waals surface area (Å²) in [5, 5.41) is 1.33. The van der Waals surface area contributed by atoms with E-state index in [2.05, 4.69) is 0 Å². The molecule has 1 aliphatic heterocycles. The van der Waals surface area contributed by atoms with Gasteiger partial charge in [-0.15, -0.1) is 0 Å². The van der Waals surface area contributed by atoms with Crippen molar-refractivity contribution in [3.63, 3.8) is 0 Å². The van der Waals surface area contributed by atoms with Crippen LogP contribution in [0.4, 0.5) is 0 Å². The average molecular weight is 165 g/mol. The molecule has 1 fully saturated rings. The number of thioether (sulfide) groups is 2. The first-order chi connectivity index (χ1) is 2.50. The maximum absolute atomic E-state index is 2.04. The summed E-state index contributed by atoms with van der Waals surface area (Å²) in [4.78, 5) is 0. The molecule has 6 heavy (non-hydrogen) atoms. The summed E-state index contributed by atoms with van der Waals surface area (Å²) in [6.07, 6.45) is 0. The van der Waals surface area contributed by atoms with Gasteiger partial charge in [-0.3, -0.25) is 0 Å². The Balaban J connectivity index is 0.000000250. The van der Waals surface area contributed by atoms with Crippen molar-refractivity contribution in [1.82, 2.24) is 0 Å². The van der Waals surface area contributed by atoms with Gasteiger partial charge in [0.2, 0.25) is 0 Å². The van der Waals surface area contributed by atoms with E-state index < -0.39 is 0 Å². The molecule has 1 saturated heterocycles. The van der Waals surface area contributed by atoms with Crippen LogP contribution in [0.5, 0.6) is 0 Å². The second-order valence-corrected chi connectivity index (χ2v) is 3.51. The van der Waals surface area contributed by atoms with E-state index in [1.54, 1.807) is 0 Å². The van der Waals surface area contributed by atoms with Gasteiger partial charge in [0.05, 0.1) is 0 Å². The van der Waals surface area contributed by atoms with E-state index in [0.717, 1.165) is 0 Å². The fourth-order valence-corrected chi connectivity index (χ4v) is 2.65. The number of hydrogen-bond acceptors (Lipinski definition) is 2. The van der Waals surface area contributed by atoms with Gasteiger partial charge in [-0.2, -0.15) is 23.5 Å². The number of hydrogen-bond donors (Lipinski definition) is 0. The Bertz CT molecular complexity index is 20.4. The summed E-state index contributed by atoms with van der Waals surface area (Å²) >= 11 is 4.07. The van der Waals surface area contributed by atoms with E-state index in [9.17, 15) is 0 Å². The maximum Gasteiger partial charge on any atom is 0.0392 e. The van der Waals surface area contributed by atoms with Gasteiger partial charge < -0.3 is 0 Å². The van der Waals surface area contributed by atoms with Crippen LogP contribution in [0.25, 0.3) is 0 Å². The molecule has 0 atom stereocenters. The second-order valence-electron chi connectivity index (χ2n) is 0.934. The van der Waals surface area contributed by atoms with Gasteiger partial charge in [0.25, 0.3) is 0 Å². The van der Waals surface area contributed by atoms with Crippen LogP contribution in [-0.4, -0.2) is 16.6 Å². The Morgan fingerprint density at radius 1 is 1.00 bits per heavy atom. The zero-order chi connectivity index (χ0) is 3.54. The molecule has 0 bridgehead atoms. The second kappa shape index (κ2) is 4.37. The third kappa shape index (κ3) is 2.39. The van der Waals surface area contributed by atoms with Gasteiger partial charge in [0.15, 0.2) is 0 Å². The molecule has 0 N–H and O–H groups in total. The van der Waals surface area contributed by atoms with Crippen LogP contribution in [0.1, 0.15) is 0 Å².